The number of allylic oxidation sites excluding steroid dienone is 3. The van der Waals surface area contributed by atoms with E-state index in [1.165, 1.54) is 7.05 Å². The topological polar surface area (TPSA) is 126 Å². The van der Waals surface area contributed by atoms with Crippen LogP contribution >= 0.6 is 0 Å². The van der Waals surface area contributed by atoms with Gasteiger partial charge in [-0.15, -0.1) is 0 Å². The highest BCUT2D eigenvalue weighted by Crippen LogP contribution is 2.31. The van der Waals surface area contributed by atoms with Crippen LogP contribution < -0.4 is 10.5 Å². The molecule has 40 heavy (non-hydrogen) atoms. The lowest BCUT2D eigenvalue weighted by Crippen LogP contribution is -2.16. The lowest BCUT2D eigenvalue weighted by molar-refractivity contribution is -0.0980. The van der Waals surface area contributed by atoms with Crippen LogP contribution in [0.15, 0.2) is 64.9 Å². The van der Waals surface area contributed by atoms with Crippen LogP contribution in [0, 0.1) is 11.8 Å². The summed E-state index contributed by atoms with van der Waals surface area (Å²) < 4.78 is 9.10. The molecule has 1 unspecified atom stereocenters. The third-order valence-electron chi connectivity index (χ3n) is 5.27. The molecule has 10 heteroatoms. The van der Waals surface area contributed by atoms with E-state index in [1.807, 2.05) is 89.9 Å². The SMILES string of the molecule is C=O.CC.CC.CCn1cc(-c2cc(C3=CC=C4N=CC(c5cnn(C)c5)=NC4C#C3)cnc2OC)cn1.CN. The molecule has 212 valence electrons. The van der Waals surface area contributed by atoms with E-state index >= 15 is 0 Å². The maximum Gasteiger partial charge on any atom is 0.221 e. The molecule has 0 aromatic carbocycles. The lowest BCUT2D eigenvalue weighted by atomic mass is 10.0. The van der Waals surface area contributed by atoms with Gasteiger partial charge in [0.05, 0.1) is 37.1 Å². The highest BCUT2D eigenvalue weighted by molar-refractivity contribution is 6.38. The smallest absolute Gasteiger partial charge is 0.221 e. The average molecular weight is 545 g/mol. The molecule has 0 saturated heterocycles. The van der Waals surface area contributed by atoms with E-state index in [4.69, 9.17) is 14.5 Å². The van der Waals surface area contributed by atoms with Crippen molar-refractivity contribution in [1.82, 2.24) is 24.5 Å². The van der Waals surface area contributed by atoms with E-state index in [9.17, 15) is 0 Å². The number of nitrogens with two attached hydrogens (primary N) is 1. The fourth-order valence-electron chi connectivity index (χ4n) is 3.56. The minimum absolute atomic E-state index is 0.322. The van der Waals surface area contributed by atoms with Gasteiger partial charge < -0.3 is 15.3 Å². The summed E-state index contributed by atoms with van der Waals surface area (Å²) in [6.45, 7) is 12.8. The van der Waals surface area contributed by atoms with Gasteiger partial charge >= 0.3 is 0 Å². The number of aromatic nitrogens is 5. The highest BCUT2D eigenvalue weighted by atomic mass is 16.5. The summed E-state index contributed by atoms with van der Waals surface area (Å²) in [6, 6.07) is 1.71. The van der Waals surface area contributed by atoms with Crippen LogP contribution in [0.2, 0.25) is 0 Å². The maximum atomic E-state index is 8.00. The van der Waals surface area contributed by atoms with Crippen molar-refractivity contribution < 1.29 is 9.53 Å². The van der Waals surface area contributed by atoms with Crippen molar-refractivity contribution in [1.29, 1.82) is 0 Å². The summed E-state index contributed by atoms with van der Waals surface area (Å²) in [5.41, 5.74) is 10.6. The Morgan fingerprint density at radius 2 is 1.70 bits per heavy atom. The van der Waals surface area contributed by atoms with Crippen molar-refractivity contribution in [2.75, 3.05) is 14.2 Å². The van der Waals surface area contributed by atoms with Crippen molar-refractivity contribution in [2.24, 2.45) is 22.8 Å². The van der Waals surface area contributed by atoms with E-state index in [0.29, 0.717) is 5.88 Å². The predicted molar refractivity (Wildman–Crippen MR) is 163 cm³/mol. The monoisotopic (exact) mass is 544 g/mol. The number of rotatable bonds is 5. The predicted octanol–water partition coefficient (Wildman–Crippen LogP) is 4.38. The van der Waals surface area contributed by atoms with Crippen molar-refractivity contribution >= 4 is 24.3 Å². The first-order valence-electron chi connectivity index (χ1n) is 13.1. The second-order valence-corrected chi connectivity index (χ2v) is 7.38. The number of pyridine rings is 1. The third kappa shape index (κ3) is 8.19. The first-order valence-corrected chi connectivity index (χ1v) is 13.1. The van der Waals surface area contributed by atoms with Gasteiger partial charge in [0.1, 0.15) is 6.79 Å². The van der Waals surface area contributed by atoms with E-state index in [-0.39, 0.29) is 6.04 Å². The van der Waals surface area contributed by atoms with Gasteiger partial charge in [-0.05, 0) is 32.2 Å². The molecule has 1 atom stereocenters. The zero-order chi connectivity index (χ0) is 30.1. The standard InChI is InChI=1S/C24H21N7O.2C2H6.CH5N.CH2O/c1-4-31-15-18(11-28-31)20-9-17(10-26-24(20)32-3)16-5-7-21-22(8-6-16)29-23(13-25-21)19-12-27-30(2)14-19;4*1-2/h5,7,9-15,22H,4H2,1-3H3;2*1-2H3;2H2,1H3;1H2. The Morgan fingerprint density at radius 1 is 1.00 bits per heavy atom. The van der Waals surface area contributed by atoms with Gasteiger partial charge in [-0.1, -0.05) is 39.5 Å². The molecular formula is C30H40N8O2. The molecule has 0 spiro atoms. The Balaban J connectivity index is 0.000000921. The Bertz CT molecular complexity index is 1400. The van der Waals surface area contributed by atoms with Crippen molar-refractivity contribution in [3.05, 3.63) is 66.0 Å². The van der Waals surface area contributed by atoms with Crippen molar-refractivity contribution in [2.45, 2.75) is 47.2 Å². The molecule has 1 aliphatic carbocycles. The van der Waals surface area contributed by atoms with Gasteiger partial charge in [0, 0.05) is 60.0 Å². The van der Waals surface area contributed by atoms with Gasteiger partial charge in [-0.3, -0.25) is 19.3 Å². The van der Waals surface area contributed by atoms with Crippen LogP contribution in [0.3, 0.4) is 0 Å². The molecule has 10 nitrogen and oxygen atoms in total. The number of ether oxygens (including phenoxy) is 1. The molecule has 2 aliphatic rings. The number of nitrogens with zero attached hydrogens (tertiary/aromatic N) is 7. The van der Waals surface area contributed by atoms with Crippen LogP contribution in [0.5, 0.6) is 5.88 Å². The molecular weight excluding hydrogens is 504 g/mol. The molecule has 0 amide bonds. The first kappa shape index (κ1) is 33.4. The minimum atomic E-state index is -0.322. The van der Waals surface area contributed by atoms with E-state index in [2.05, 4.69) is 37.7 Å². The second-order valence-electron chi connectivity index (χ2n) is 7.38. The largest absolute Gasteiger partial charge is 0.481 e. The van der Waals surface area contributed by atoms with E-state index in [0.717, 1.165) is 45.8 Å². The van der Waals surface area contributed by atoms with Crippen LogP contribution in [-0.2, 0) is 18.4 Å². The fraction of sp³-hybridized carbons (Fsp3) is 0.333. The summed E-state index contributed by atoms with van der Waals surface area (Å²) in [5, 5.41) is 8.58. The highest BCUT2D eigenvalue weighted by Gasteiger charge is 2.19. The fourth-order valence-corrected chi connectivity index (χ4v) is 3.56. The average Bonchev–Trinajstić information content (AvgIpc) is 3.65. The summed E-state index contributed by atoms with van der Waals surface area (Å²) in [4.78, 5) is 21.9. The second kappa shape index (κ2) is 17.8. The molecule has 4 heterocycles. The number of fused-ring (bicyclic) bond motifs is 1. The van der Waals surface area contributed by atoms with Gasteiger partial charge in [-0.2, -0.15) is 10.2 Å². The molecule has 3 aromatic rings. The Morgan fingerprint density at radius 3 is 2.30 bits per heavy atom. The van der Waals surface area contributed by atoms with Crippen LogP contribution in [0.4, 0.5) is 0 Å². The molecule has 2 N–H and O–H groups in total. The maximum absolute atomic E-state index is 8.00. The first-order chi connectivity index (χ1) is 19.6. The number of hydrogen-bond acceptors (Lipinski definition) is 8. The van der Waals surface area contributed by atoms with Crippen LogP contribution in [-0.4, -0.2) is 63.5 Å². The van der Waals surface area contributed by atoms with Crippen molar-refractivity contribution in [3.8, 4) is 28.8 Å². The zero-order valence-corrected chi connectivity index (χ0v) is 24.7. The van der Waals surface area contributed by atoms with Gasteiger partial charge in [-0.25, -0.2) is 4.98 Å². The molecule has 0 fully saturated rings. The van der Waals surface area contributed by atoms with Crippen molar-refractivity contribution in [3.63, 3.8) is 0 Å². The van der Waals surface area contributed by atoms with Gasteiger partial charge in [0.15, 0.2) is 6.04 Å². The molecule has 1 aliphatic heterocycles. The normalized spacial score (nSPS) is 14.0. The quantitative estimate of drug-likeness (QED) is 0.475. The number of hydrogen-bond donors (Lipinski definition) is 1. The van der Waals surface area contributed by atoms with E-state index < -0.39 is 0 Å². The molecule has 0 bridgehead atoms. The van der Waals surface area contributed by atoms with E-state index in [1.54, 1.807) is 30.4 Å². The van der Waals surface area contributed by atoms with Gasteiger partial charge in [0.2, 0.25) is 5.88 Å². The molecule has 3 aromatic heterocycles. The third-order valence-corrected chi connectivity index (χ3v) is 5.27. The lowest BCUT2D eigenvalue weighted by Gasteiger charge is -2.12. The number of methoxy groups -OCH3 is 1. The number of aryl methyl sites for hydroxylation is 2. The summed E-state index contributed by atoms with van der Waals surface area (Å²) >= 11 is 0. The molecule has 0 saturated carbocycles. The number of carbonyl (C=O) groups excluding carboxylic acids is 1. The summed E-state index contributed by atoms with van der Waals surface area (Å²) in [6.07, 6.45) is 14.9. The Labute approximate surface area is 237 Å². The van der Waals surface area contributed by atoms with Crippen LogP contribution in [0.25, 0.3) is 16.7 Å². The zero-order valence-electron chi connectivity index (χ0n) is 24.7. The minimum Gasteiger partial charge on any atom is -0.481 e. The Hall–Kier alpha value is -4.62. The summed E-state index contributed by atoms with van der Waals surface area (Å²) in [5.74, 6) is 7.06. The Kier molecular flexibility index (Phi) is 14.9. The molecule has 5 rings (SSSR count). The number of aliphatic imine (C=N–C) groups is 2. The van der Waals surface area contributed by atoms with Gasteiger partial charge in [0.25, 0.3) is 0 Å². The van der Waals surface area contributed by atoms with Crippen LogP contribution in [0.1, 0.15) is 45.7 Å². The number of carbonyl (C=O) groups is 1. The summed E-state index contributed by atoms with van der Waals surface area (Å²) in [7, 11) is 4.99. The molecule has 0 radical (unpaired) electrons.